The lowest BCUT2D eigenvalue weighted by molar-refractivity contribution is -0.128. The summed E-state index contributed by atoms with van der Waals surface area (Å²) < 4.78 is 7.10. The minimum absolute atomic E-state index is 0.0387. The third-order valence-electron chi connectivity index (χ3n) is 3.90. The molecule has 1 atom stereocenters. The fourth-order valence-electron chi connectivity index (χ4n) is 2.75. The summed E-state index contributed by atoms with van der Waals surface area (Å²) in [6.07, 6.45) is 6.76. The first-order chi connectivity index (χ1) is 11.7. The number of ether oxygens (including phenoxy) is 1. The summed E-state index contributed by atoms with van der Waals surface area (Å²) >= 11 is 5.84. The van der Waals surface area contributed by atoms with Crippen LogP contribution in [0.2, 0.25) is 5.02 Å². The molecule has 1 saturated heterocycles. The third kappa shape index (κ3) is 4.31. The lowest BCUT2D eigenvalue weighted by Gasteiger charge is -2.33. The molecule has 0 bridgehead atoms. The predicted octanol–water partition coefficient (Wildman–Crippen LogP) is 1.12. The van der Waals surface area contributed by atoms with Gasteiger partial charge in [-0.2, -0.15) is 5.10 Å². The highest BCUT2D eigenvalue weighted by molar-refractivity contribution is 6.30. The Balaban J connectivity index is 1.64. The average molecular weight is 350 g/mol. The summed E-state index contributed by atoms with van der Waals surface area (Å²) in [6.45, 7) is 3.77. The molecule has 2 aromatic heterocycles. The Bertz CT molecular complexity index is 657. The molecule has 7 nitrogen and oxygen atoms in total. The molecule has 128 valence electrons. The van der Waals surface area contributed by atoms with E-state index in [1.54, 1.807) is 29.5 Å². The molecule has 1 aliphatic rings. The Morgan fingerprint density at radius 1 is 1.38 bits per heavy atom. The van der Waals surface area contributed by atoms with Crippen molar-refractivity contribution in [3.63, 3.8) is 0 Å². The van der Waals surface area contributed by atoms with Gasteiger partial charge in [-0.25, -0.2) is 0 Å². The summed E-state index contributed by atoms with van der Waals surface area (Å²) in [7, 11) is 0. The number of nitrogens with one attached hydrogen (secondary N) is 1. The first-order valence-corrected chi connectivity index (χ1v) is 8.29. The van der Waals surface area contributed by atoms with Crippen LogP contribution in [0, 0.1) is 0 Å². The number of carbonyl (C=O) groups is 1. The standard InChI is InChI=1S/C16H20ClN5O2/c17-14-11-20-22(12-14)5-4-19-16(23)15(13-2-1-3-18-10-13)21-6-8-24-9-7-21/h1-3,10-12,15H,4-9H2,(H,19,23)/t15-/m1/s1. The summed E-state index contributed by atoms with van der Waals surface area (Å²) in [4.78, 5) is 19.0. The molecule has 0 aromatic carbocycles. The minimum atomic E-state index is -0.358. The topological polar surface area (TPSA) is 72.3 Å². The van der Waals surface area contributed by atoms with E-state index in [-0.39, 0.29) is 11.9 Å². The SMILES string of the molecule is O=C(NCCn1cc(Cl)cn1)[C@@H](c1cccnc1)N1CCOCC1. The molecule has 0 radical (unpaired) electrons. The van der Waals surface area contributed by atoms with Crippen molar-refractivity contribution in [2.75, 3.05) is 32.8 Å². The Kier molecular flexibility index (Phi) is 5.79. The first kappa shape index (κ1) is 16.9. The van der Waals surface area contributed by atoms with Crippen LogP contribution >= 0.6 is 11.6 Å². The smallest absolute Gasteiger partial charge is 0.242 e. The van der Waals surface area contributed by atoms with Gasteiger partial charge in [0, 0.05) is 38.2 Å². The monoisotopic (exact) mass is 349 g/mol. The van der Waals surface area contributed by atoms with Gasteiger partial charge in [-0.1, -0.05) is 17.7 Å². The molecule has 1 aliphatic heterocycles. The zero-order chi connectivity index (χ0) is 16.8. The molecular weight excluding hydrogens is 330 g/mol. The van der Waals surface area contributed by atoms with Crippen molar-refractivity contribution >= 4 is 17.5 Å². The Morgan fingerprint density at radius 3 is 2.88 bits per heavy atom. The van der Waals surface area contributed by atoms with Crippen LogP contribution in [0.15, 0.2) is 36.9 Å². The van der Waals surface area contributed by atoms with Crippen molar-refractivity contribution in [3.05, 3.63) is 47.5 Å². The summed E-state index contributed by atoms with van der Waals surface area (Å²) in [5.74, 6) is -0.0387. The number of amides is 1. The maximum Gasteiger partial charge on any atom is 0.242 e. The van der Waals surface area contributed by atoms with Crippen molar-refractivity contribution in [1.29, 1.82) is 0 Å². The molecule has 0 saturated carbocycles. The fraction of sp³-hybridized carbons (Fsp3) is 0.438. The average Bonchev–Trinajstić information content (AvgIpc) is 3.02. The zero-order valence-electron chi connectivity index (χ0n) is 13.3. The van der Waals surface area contributed by atoms with Crippen molar-refractivity contribution in [2.24, 2.45) is 0 Å². The van der Waals surface area contributed by atoms with Crippen LogP contribution in [0.25, 0.3) is 0 Å². The van der Waals surface area contributed by atoms with Gasteiger partial charge in [-0.3, -0.25) is 19.4 Å². The molecule has 1 N–H and O–H groups in total. The maximum absolute atomic E-state index is 12.8. The van der Waals surface area contributed by atoms with E-state index >= 15 is 0 Å². The van der Waals surface area contributed by atoms with Gasteiger partial charge in [-0.15, -0.1) is 0 Å². The molecule has 0 aliphatic carbocycles. The highest BCUT2D eigenvalue weighted by Crippen LogP contribution is 2.21. The Labute approximate surface area is 145 Å². The number of hydrogen-bond donors (Lipinski definition) is 1. The maximum atomic E-state index is 12.8. The molecular formula is C16H20ClN5O2. The van der Waals surface area contributed by atoms with Crippen molar-refractivity contribution in [3.8, 4) is 0 Å². The summed E-state index contributed by atoms with van der Waals surface area (Å²) in [5.41, 5.74) is 0.888. The fourth-order valence-corrected chi connectivity index (χ4v) is 2.91. The van der Waals surface area contributed by atoms with Crippen LogP contribution in [-0.2, 0) is 16.1 Å². The van der Waals surface area contributed by atoms with E-state index in [2.05, 4.69) is 20.3 Å². The van der Waals surface area contributed by atoms with E-state index in [1.165, 1.54) is 0 Å². The van der Waals surface area contributed by atoms with Gasteiger partial charge >= 0.3 is 0 Å². The number of hydrogen-bond acceptors (Lipinski definition) is 5. The van der Waals surface area contributed by atoms with Gasteiger partial charge < -0.3 is 10.1 Å². The van der Waals surface area contributed by atoms with E-state index in [1.807, 2.05) is 12.1 Å². The van der Waals surface area contributed by atoms with Crippen LogP contribution in [0.4, 0.5) is 0 Å². The van der Waals surface area contributed by atoms with Crippen LogP contribution in [-0.4, -0.2) is 58.4 Å². The van der Waals surface area contributed by atoms with E-state index in [0.717, 1.165) is 18.7 Å². The van der Waals surface area contributed by atoms with E-state index in [0.29, 0.717) is 31.3 Å². The van der Waals surface area contributed by atoms with Crippen molar-refractivity contribution in [2.45, 2.75) is 12.6 Å². The highest BCUT2D eigenvalue weighted by atomic mass is 35.5. The first-order valence-electron chi connectivity index (χ1n) is 7.91. The van der Waals surface area contributed by atoms with Gasteiger partial charge in [0.25, 0.3) is 0 Å². The third-order valence-corrected chi connectivity index (χ3v) is 4.10. The van der Waals surface area contributed by atoms with Crippen LogP contribution in [0.1, 0.15) is 11.6 Å². The van der Waals surface area contributed by atoms with Crippen LogP contribution in [0.3, 0.4) is 0 Å². The number of aromatic nitrogens is 3. The number of nitrogens with zero attached hydrogens (tertiary/aromatic N) is 4. The molecule has 0 spiro atoms. The van der Waals surface area contributed by atoms with E-state index < -0.39 is 0 Å². The number of halogens is 1. The van der Waals surface area contributed by atoms with Gasteiger partial charge in [0.1, 0.15) is 6.04 Å². The van der Waals surface area contributed by atoms with Crippen molar-refractivity contribution < 1.29 is 9.53 Å². The zero-order valence-corrected chi connectivity index (χ0v) is 14.0. The molecule has 1 fully saturated rings. The summed E-state index contributed by atoms with van der Waals surface area (Å²) in [5, 5.41) is 7.67. The molecule has 24 heavy (non-hydrogen) atoms. The highest BCUT2D eigenvalue weighted by Gasteiger charge is 2.28. The quantitative estimate of drug-likeness (QED) is 0.846. The van der Waals surface area contributed by atoms with Crippen LogP contribution < -0.4 is 5.32 Å². The summed E-state index contributed by atoms with van der Waals surface area (Å²) in [6, 6.07) is 3.42. The number of rotatable bonds is 6. The Morgan fingerprint density at radius 2 is 2.21 bits per heavy atom. The number of carbonyl (C=O) groups excluding carboxylic acids is 1. The second kappa shape index (κ2) is 8.23. The second-order valence-corrected chi connectivity index (χ2v) is 5.99. The van der Waals surface area contributed by atoms with Gasteiger partial charge in [-0.05, 0) is 11.6 Å². The normalized spacial score (nSPS) is 16.7. The lowest BCUT2D eigenvalue weighted by Crippen LogP contribution is -2.46. The predicted molar refractivity (Wildman–Crippen MR) is 89.6 cm³/mol. The number of pyridine rings is 1. The number of morpholine rings is 1. The molecule has 3 rings (SSSR count). The van der Waals surface area contributed by atoms with Gasteiger partial charge in [0.05, 0.1) is 31.0 Å². The Hall–Kier alpha value is -1.96. The molecule has 0 unspecified atom stereocenters. The van der Waals surface area contributed by atoms with Crippen molar-refractivity contribution in [1.82, 2.24) is 25.0 Å². The van der Waals surface area contributed by atoms with E-state index in [9.17, 15) is 4.79 Å². The minimum Gasteiger partial charge on any atom is -0.379 e. The molecule has 1 amide bonds. The largest absolute Gasteiger partial charge is 0.379 e. The second-order valence-electron chi connectivity index (χ2n) is 5.55. The molecule has 8 heteroatoms. The lowest BCUT2D eigenvalue weighted by atomic mass is 10.1. The van der Waals surface area contributed by atoms with Crippen LogP contribution in [0.5, 0.6) is 0 Å². The van der Waals surface area contributed by atoms with E-state index in [4.69, 9.17) is 16.3 Å². The molecule has 3 heterocycles. The van der Waals surface area contributed by atoms with Gasteiger partial charge in [0.15, 0.2) is 0 Å². The molecule has 2 aromatic rings. The van der Waals surface area contributed by atoms with Gasteiger partial charge in [0.2, 0.25) is 5.91 Å².